The topological polar surface area (TPSA) is 162 Å². The molecule has 0 radical (unpaired) electrons. The van der Waals surface area contributed by atoms with E-state index >= 15 is 0 Å². The van der Waals surface area contributed by atoms with E-state index < -0.39 is 36.2 Å². The first kappa shape index (κ1) is 17.2. The van der Waals surface area contributed by atoms with E-state index in [1.807, 2.05) is 4.98 Å². The zero-order valence-electron chi connectivity index (χ0n) is 12.6. The molecule has 2 aliphatic rings. The van der Waals surface area contributed by atoms with Crippen LogP contribution in [0.2, 0.25) is 0 Å². The standard InChI is InChI=1S/C13H18N4O6/c1-5-6(2)17(3-7(19)10(21)8(20)4-18)11-9(14-5)12(22)16-13(23)15-11/h7-8,10,18-21H,3-4H2,1-2H3,(H,16,22,23)/t7-,8+,10-/m0/s1/i13+1. The van der Waals surface area contributed by atoms with Gasteiger partial charge in [-0.15, -0.1) is 0 Å². The summed E-state index contributed by atoms with van der Waals surface area (Å²) in [4.78, 5) is 33.1. The molecule has 0 unspecified atom stereocenters. The van der Waals surface area contributed by atoms with Crippen molar-refractivity contribution in [1.82, 2.24) is 19.5 Å². The van der Waals surface area contributed by atoms with Gasteiger partial charge in [-0.05, 0) is 13.8 Å². The third kappa shape index (κ3) is 3.29. The molecule has 5 N–H and O–H groups in total. The third-order valence-corrected chi connectivity index (χ3v) is 3.66. The Hall–Kier alpha value is -2.14. The van der Waals surface area contributed by atoms with Gasteiger partial charge in [0.15, 0.2) is 11.5 Å². The molecule has 2 rings (SSSR count). The van der Waals surface area contributed by atoms with Crippen LogP contribution in [0.4, 0.5) is 0 Å². The van der Waals surface area contributed by atoms with Gasteiger partial charge >= 0.3 is 5.69 Å². The van der Waals surface area contributed by atoms with Crippen molar-refractivity contribution in [1.29, 1.82) is 0 Å². The van der Waals surface area contributed by atoms with Crippen LogP contribution >= 0.6 is 0 Å². The number of aryl methyl sites for hydroxylation is 1. The second kappa shape index (κ2) is 6.54. The zero-order valence-corrected chi connectivity index (χ0v) is 12.6. The summed E-state index contributed by atoms with van der Waals surface area (Å²) >= 11 is 0. The van der Waals surface area contributed by atoms with Crippen LogP contribution in [0.15, 0.2) is 9.59 Å². The van der Waals surface area contributed by atoms with Crippen molar-refractivity contribution in [2.24, 2.45) is 0 Å². The van der Waals surface area contributed by atoms with Crippen molar-refractivity contribution in [3.05, 3.63) is 32.2 Å². The maximum absolute atomic E-state index is 11.8. The summed E-state index contributed by atoms with van der Waals surface area (Å²) in [6, 6.07) is 0. The Morgan fingerprint density at radius 1 is 1.13 bits per heavy atom. The van der Waals surface area contributed by atoms with Gasteiger partial charge in [-0.3, -0.25) is 9.78 Å². The van der Waals surface area contributed by atoms with Gasteiger partial charge in [0.1, 0.15) is 18.3 Å². The van der Waals surface area contributed by atoms with Crippen molar-refractivity contribution in [2.45, 2.75) is 38.7 Å². The van der Waals surface area contributed by atoms with Crippen LogP contribution in [0, 0.1) is 13.8 Å². The number of aliphatic hydroxyl groups excluding tert-OH is 4. The Labute approximate surface area is 130 Å². The number of aromatic nitrogens is 4. The number of nitrogens with one attached hydrogen (secondary N) is 1. The fraction of sp³-hybridized carbons (Fsp3) is 0.538. The molecule has 0 aromatic carbocycles. The molecule has 2 heterocycles. The average Bonchev–Trinajstić information content (AvgIpc) is 2.51. The molecule has 0 saturated heterocycles. The molecule has 3 atom stereocenters. The van der Waals surface area contributed by atoms with Crippen LogP contribution in [0.3, 0.4) is 0 Å². The summed E-state index contributed by atoms with van der Waals surface area (Å²) < 4.78 is 1.37. The van der Waals surface area contributed by atoms with E-state index in [-0.39, 0.29) is 18.1 Å². The second-order valence-corrected chi connectivity index (χ2v) is 5.24. The molecule has 0 aromatic rings. The van der Waals surface area contributed by atoms with Crippen LogP contribution in [-0.4, -0.2) is 64.9 Å². The lowest BCUT2D eigenvalue weighted by molar-refractivity contribution is -0.0807. The number of aliphatic hydroxyl groups is 4. The maximum Gasteiger partial charge on any atom is 0.349 e. The lowest BCUT2D eigenvalue weighted by Crippen LogP contribution is -2.42. The summed E-state index contributed by atoms with van der Waals surface area (Å²) in [7, 11) is 0. The zero-order chi connectivity index (χ0) is 17.3. The van der Waals surface area contributed by atoms with Crippen LogP contribution in [-0.2, 0) is 6.54 Å². The van der Waals surface area contributed by atoms with Crippen LogP contribution in [0.1, 0.15) is 11.4 Å². The van der Waals surface area contributed by atoms with E-state index in [9.17, 15) is 24.9 Å². The highest BCUT2D eigenvalue weighted by Gasteiger charge is 2.27. The summed E-state index contributed by atoms with van der Waals surface area (Å²) in [6.45, 7) is 2.32. The van der Waals surface area contributed by atoms with Crippen LogP contribution < -0.4 is 11.2 Å². The van der Waals surface area contributed by atoms with E-state index in [1.54, 1.807) is 13.8 Å². The summed E-state index contributed by atoms with van der Waals surface area (Å²) in [5.41, 5.74) is -0.626. The number of fused-ring (bicyclic) bond motifs is 1. The normalized spacial score (nSPS) is 15.6. The number of nitrogens with zero attached hydrogens (tertiary/aromatic N) is 3. The first-order valence-corrected chi connectivity index (χ1v) is 6.89. The monoisotopic (exact) mass is 327 g/mol. The van der Waals surface area contributed by atoms with Gasteiger partial charge in [0.25, 0.3) is 5.56 Å². The smallest absolute Gasteiger partial charge is 0.349 e. The summed E-state index contributed by atoms with van der Waals surface area (Å²) in [5.74, 6) is -0.0356. The molecule has 0 saturated carbocycles. The van der Waals surface area contributed by atoms with Crippen molar-refractivity contribution in [2.75, 3.05) is 6.61 Å². The van der Waals surface area contributed by atoms with E-state index in [1.165, 1.54) is 4.57 Å². The average molecular weight is 327 g/mol. The Kier molecular flexibility index (Phi) is 4.90. The highest BCUT2D eigenvalue weighted by atomic mass is 16.4. The van der Waals surface area contributed by atoms with Crippen molar-refractivity contribution in [3.8, 4) is 11.5 Å². The maximum atomic E-state index is 11.8. The number of aromatic amines is 1. The Bertz CT molecular complexity index is 785. The first-order valence-electron chi connectivity index (χ1n) is 6.89. The van der Waals surface area contributed by atoms with Crippen LogP contribution in [0.25, 0.3) is 11.5 Å². The number of hydrogen-bond donors (Lipinski definition) is 5. The van der Waals surface area contributed by atoms with Gasteiger partial charge in [-0.2, -0.15) is 4.98 Å². The fourth-order valence-electron chi connectivity index (χ4n) is 2.21. The summed E-state index contributed by atoms with van der Waals surface area (Å²) in [6.07, 6.45) is -4.59. The van der Waals surface area contributed by atoms with Gasteiger partial charge in [-0.25, -0.2) is 9.78 Å². The first-order chi connectivity index (χ1) is 10.8. The van der Waals surface area contributed by atoms with Crippen LogP contribution in [0.5, 0.6) is 0 Å². The minimum Gasteiger partial charge on any atom is -0.394 e. The number of rotatable bonds is 5. The van der Waals surface area contributed by atoms with Crippen molar-refractivity contribution in [3.63, 3.8) is 0 Å². The molecule has 10 nitrogen and oxygen atoms in total. The molecule has 10 heteroatoms. The van der Waals surface area contributed by atoms with E-state index in [4.69, 9.17) is 5.11 Å². The molecular formula is C13H18N4O6. The minimum atomic E-state index is -1.61. The van der Waals surface area contributed by atoms with Crippen molar-refractivity contribution < 1.29 is 20.4 Å². The van der Waals surface area contributed by atoms with Gasteiger partial charge in [-0.1, -0.05) is 0 Å². The molecule has 0 aliphatic carbocycles. The van der Waals surface area contributed by atoms with Gasteiger partial charge in [0, 0.05) is 5.69 Å². The number of hydrogen-bond acceptors (Lipinski definition) is 8. The van der Waals surface area contributed by atoms with Gasteiger partial charge in [0.2, 0.25) is 0 Å². The largest absolute Gasteiger partial charge is 0.394 e. The Morgan fingerprint density at radius 3 is 2.39 bits per heavy atom. The number of H-pyrrole nitrogens is 1. The predicted molar refractivity (Wildman–Crippen MR) is 78.1 cm³/mol. The molecule has 0 aromatic heterocycles. The molecular weight excluding hydrogens is 309 g/mol. The van der Waals surface area contributed by atoms with Crippen molar-refractivity contribution >= 4 is 0 Å². The Morgan fingerprint density at radius 2 is 1.78 bits per heavy atom. The van der Waals surface area contributed by atoms with Gasteiger partial charge < -0.3 is 25.0 Å². The quantitative estimate of drug-likeness (QED) is 0.391. The lowest BCUT2D eigenvalue weighted by Gasteiger charge is -2.25. The third-order valence-electron chi connectivity index (χ3n) is 3.66. The molecule has 126 valence electrons. The van der Waals surface area contributed by atoms with E-state index in [2.05, 4.69) is 9.97 Å². The van der Waals surface area contributed by atoms with Gasteiger partial charge in [0.05, 0.1) is 18.8 Å². The highest BCUT2D eigenvalue weighted by molar-refractivity contribution is 5.50. The molecule has 2 aliphatic heterocycles. The minimum absolute atomic E-state index is 0.0356. The second-order valence-electron chi connectivity index (χ2n) is 5.24. The molecule has 23 heavy (non-hydrogen) atoms. The molecule has 0 spiro atoms. The van der Waals surface area contributed by atoms with E-state index in [0.29, 0.717) is 11.4 Å². The highest BCUT2D eigenvalue weighted by Crippen LogP contribution is 2.18. The fourth-order valence-corrected chi connectivity index (χ4v) is 2.21. The molecule has 0 amide bonds. The molecule has 0 fully saturated rings. The summed E-state index contributed by atoms with van der Waals surface area (Å²) in [5, 5.41) is 38.0. The molecule has 0 bridgehead atoms. The van der Waals surface area contributed by atoms with E-state index in [0.717, 1.165) is 0 Å². The predicted octanol–water partition coefficient (Wildman–Crippen LogP) is -2.88. The SMILES string of the molecule is Cc1nc2c(=O)[nH][13c](=O)nc-2n(C[C@H](O)[C@H](O)[C@H](O)CO)c1C. The lowest BCUT2D eigenvalue weighted by atomic mass is 10.1. The Balaban J connectivity index is 2.53.